The molecule has 2 heterocycles. The van der Waals surface area contributed by atoms with Crippen molar-refractivity contribution in [2.45, 2.75) is 31.7 Å². The highest BCUT2D eigenvalue weighted by Gasteiger charge is 2.25. The SMILES string of the molecule is O=C(Cc1cccnc1)N1CCCCC1CO. The Kier molecular flexibility index (Phi) is 4.09. The summed E-state index contributed by atoms with van der Waals surface area (Å²) in [6, 6.07) is 3.75. The molecule has 1 fully saturated rings. The van der Waals surface area contributed by atoms with Crippen LogP contribution in [0.3, 0.4) is 0 Å². The van der Waals surface area contributed by atoms with Gasteiger partial charge in [0.15, 0.2) is 0 Å². The fourth-order valence-electron chi connectivity index (χ4n) is 2.30. The molecule has 1 aromatic rings. The smallest absolute Gasteiger partial charge is 0.227 e. The van der Waals surface area contributed by atoms with Gasteiger partial charge in [0.25, 0.3) is 0 Å². The van der Waals surface area contributed by atoms with Crippen molar-refractivity contribution < 1.29 is 9.90 Å². The van der Waals surface area contributed by atoms with Gasteiger partial charge in [-0.05, 0) is 30.9 Å². The van der Waals surface area contributed by atoms with E-state index in [-0.39, 0.29) is 18.6 Å². The second-order valence-corrected chi connectivity index (χ2v) is 4.46. The Morgan fingerprint density at radius 1 is 1.53 bits per heavy atom. The highest BCUT2D eigenvalue weighted by molar-refractivity contribution is 5.79. The van der Waals surface area contributed by atoms with Crippen LogP contribution in [0.15, 0.2) is 24.5 Å². The van der Waals surface area contributed by atoms with E-state index in [9.17, 15) is 9.90 Å². The molecule has 92 valence electrons. The summed E-state index contributed by atoms with van der Waals surface area (Å²) in [4.78, 5) is 17.9. The van der Waals surface area contributed by atoms with Crippen molar-refractivity contribution in [2.24, 2.45) is 0 Å². The molecule has 0 spiro atoms. The van der Waals surface area contributed by atoms with Crippen LogP contribution in [0.4, 0.5) is 0 Å². The largest absolute Gasteiger partial charge is 0.394 e. The second-order valence-electron chi connectivity index (χ2n) is 4.46. The van der Waals surface area contributed by atoms with Crippen LogP contribution in [-0.4, -0.2) is 40.1 Å². The van der Waals surface area contributed by atoms with Crippen LogP contribution in [-0.2, 0) is 11.2 Å². The number of hydrogen-bond donors (Lipinski definition) is 1. The van der Waals surface area contributed by atoms with E-state index in [0.29, 0.717) is 6.42 Å². The fourth-order valence-corrected chi connectivity index (χ4v) is 2.30. The zero-order valence-electron chi connectivity index (χ0n) is 9.88. The van der Waals surface area contributed by atoms with Crippen LogP contribution in [0.1, 0.15) is 24.8 Å². The van der Waals surface area contributed by atoms with Crippen LogP contribution in [0.2, 0.25) is 0 Å². The van der Waals surface area contributed by atoms with Gasteiger partial charge >= 0.3 is 0 Å². The highest BCUT2D eigenvalue weighted by Crippen LogP contribution is 2.17. The Morgan fingerprint density at radius 3 is 3.12 bits per heavy atom. The zero-order valence-corrected chi connectivity index (χ0v) is 9.88. The quantitative estimate of drug-likeness (QED) is 0.848. The van der Waals surface area contributed by atoms with Gasteiger partial charge in [0.1, 0.15) is 0 Å². The van der Waals surface area contributed by atoms with Gasteiger partial charge in [-0.1, -0.05) is 6.07 Å². The number of rotatable bonds is 3. The van der Waals surface area contributed by atoms with Crippen LogP contribution in [0, 0.1) is 0 Å². The predicted octanol–water partition coefficient (Wildman–Crippen LogP) is 0.998. The summed E-state index contributed by atoms with van der Waals surface area (Å²) < 4.78 is 0. The first kappa shape index (κ1) is 12.0. The minimum absolute atomic E-state index is 0.00733. The van der Waals surface area contributed by atoms with E-state index < -0.39 is 0 Å². The number of aromatic nitrogens is 1. The minimum Gasteiger partial charge on any atom is -0.394 e. The minimum atomic E-state index is 0.00733. The lowest BCUT2D eigenvalue weighted by molar-refractivity contribution is -0.135. The Labute approximate surface area is 101 Å². The number of amides is 1. The number of aliphatic hydroxyl groups is 1. The molecular formula is C13H18N2O2. The van der Waals surface area contributed by atoms with Crippen LogP contribution in [0.5, 0.6) is 0 Å². The van der Waals surface area contributed by atoms with Crippen molar-refractivity contribution in [1.82, 2.24) is 9.88 Å². The lowest BCUT2D eigenvalue weighted by Gasteiger charge is -2.34. The number of carbonyl (C=O) groups is 1. The highest BCUT2D eigenvalue weighted by atomic mass is 16.3. The molecule has 1 N–H and O–H groups in total. The molecule has 0 saturated carbocycles. The normalized spacial score (nSPS) is 20.3. The third-order valence-electron chi connectivity index (χ3n) is 3.24. The molecule has 0 radical (unpaired) electrons. The summed E-state index contributed by atoms with van der Waals surface area (Å²) in [5.74, 6) is 0.0942. The molecular weight excluding hydrogens is 216 g/mol. The lowest BCUT2D eigenvalue weighted by Crippen LogP contribution is -2.46. The number of carbonyl (C=O) groups excluding carboxylic acids is 1. The molecule has 0 aliphatic carbocycles. The third kappa shape index (κ3) is 3.03. The standard InChI is InChI=1S/C13H18N2O2/c16-10-12-5-1-2-7-15(12)13(17)8-11-4-3-6-14-9-11/h3-4,6,9,12,16H,1-2,5,7-8,10H2. The van der Waals surface area contributed by atoms with Crippen LogP contribution in [0.25, 0.3) is 0 Å². The van der Waals surface area contributed by atoms with E-state index >= 15 is 0 Å². The predicted molar refractivity (Wildman–Crippen MR) is 64.4 cm³/mol. The molecule has 2 rings (SSSR count). The zero-order chi connectivity index (χ0) is 12.1. The Hall–Kier alpha value is -1.42. The number of likely N-dealkylation sites (tertiary alicyclic amines) is 1. The van der Waals surface area contributed by atoms with E-state index in [2.05, 4.69) is 4.98 Å². The molecule has 1 aliphatic heterocycles. The summed E-state index contributed by atoms with van der Waals surface area (Å²) in [5, 5.41) is 9.27. The van der Waals surface area contributed by atoms with Gasteiger partial charge in [-0.3, -0.25) is 9.78 Å². The molecule has 0 aromatic carbocycles. The van der Waals surface area contributed by atoms with E-state index in [1.54, 1.807) is 12.4 Å². The van der Waals surface area contributed by atoms with Crippen molar-refractivity contribution in [3.05, 3.63) is 30.1 Å². The second kappa shape index (κ2) is 5.77. The van der Waals surface area contributed by atoms with E-state index in [0.717, 1.165) is 31.4 Å². The summed E-state index contributed by atoms with van der Waals surface area (Å²) in [6.07, 6.45) is 6.85. The number of nitrogens with zero attached hydrogens (tertiary/aromatic N) is 2. The third-order valence-corrected chi connectivity index (χ3v) is 3.24. The van der Waals surface area contributed by atoms with Crippen molar-refractivity contribution in [3.8, 4) is 0 Å². The number of hydrogen-bond acceptors (Lipinski definition) is 3. The van der Waals surface area contributed by atoms with Crippen LogP contribution < -0.4 is 0 Å². The van der Waals surface area contributed by atoms with Crippen LogP contribution >= 0.6 is 0 Å². The molecule has 4 nitrogen and oxygen atoms in total. The van der Waals surface area contributed by atoms with E-state index in [1.807, 2.05) is 17.0 Å². The summed E-state index contributed by atoms with van der Waals surface area (Å²) in [7, 11) is 0. The molecule has 1 aromatic heterocycles. The number of aliphatic hydroxyl groups excluding tert-OH is 1. The van der Waals surface area contributed by atoms with Gasteiger partial charge in [-0.25, -0.2) is 0 Å². The molecule has 1 saturated heterocycles. The monoisotopic (exact) mass is 234 g/mol. The first-order valence-corrected chi connectivity index (χ1v) is 6.10. The van der Waals surface area contributed by atoms with Gasteiger partial charge in [-0.2, -0.15) is 0 Å². The maximum absolute atomic E-state index is 12.1. The Balaban J connectivity index is 1.99. The van der Waals surface area contributed by atoms with Gasteiger partial charge in [-0.15, -0.1) is 0 Å². The molecule has 1 atom stereocenters. The van der Waals surface area contributed by atoms with Gasteiger partial charge in [0, 0.05) is 18.9 Å². The molecule has 0 bridgehead atoms. The van der Waals surface area contributed by atoms with Crippen molar-refractivity contribution >= 4 is 5.91 Å². The van der Waals surface area contributed by atoms with E-state index in [1.165, 1.54) is 0 Å². The molecule has 1 amide bonds. The van der Waals surface area contributed by atoms with Crippen molar-refractivity contribution in [2.75, 3.05) is 13.2 Å². The molecule has 4 heteroatoms. The molecule has 17 heavy (non-hydrogen) atoms. The van der Waals surface area contributed by atoms with Crippen molar-refractivity contribution in [1.29, 1.82) is 0 Å². The van der Waals surface area contributed by atoms with Gasteiger partial charge in [0.2, 0.25) is 5.91 Å². The Bertz CT molecular complexity index is 367. The summed E-state index contributed by atoms with van der Waals surface area (Å²) in [5.41, 5.74) is 0.930. The van der Waals surface area contributed by atoms with Gasteiger partial charge in [0.05, 0.1) is 19.1 Å². The first-order valence-electron chi connectivity index (χ1n) is 6.10. The average molecular weight is 234 g/mol. The summed E-state index contributed by atoms with van der Waals surface area (Å²) >= 11 is 0. The fraction of sp³-hybridized carbons (Fsp3) is 0.538. The van der Waals surface area contributed by atoms with Gasteiger partial charge < -0.3 is 10.0 Å². The molecule has 1 aliphatic rings. The topological polar surface area (TPSA) is 53.4 Å². The maximum atomic E-state index is 12.1. The molecule has 1 unspecified atom stereocenters. The number of pyridine rings is 1. The first-order chi connectivity index (χ1) is 8.31. The van der Waals surface area contributed by atoms with E-state index in [4.69, 9.17) is 0 Å². The summed E-state index contributed by atoms with van der Waals surface area (Å²) in [6.45, 7) is 0.836. The van der Waals surface area contributed by atoms with Crippen molar-refractivity contribution in [3.63, 3.8) is 0 Å². The Morgan fingerprint density at radius 2 is 2.41 bits per heavy atom. The lowest BCUT2D eigenvalue weighted by atomic mass is 10.0. The number of piperidine rings is 1. The average Bonchev–Trinajstić information content (AvgIpc) is 2.40. The maximum Gasteiger partial charge on any atom is 0.227 e.